The molecular formula is C15H20BrClN2O2. The van der Waals surface area contributed by atoms with E-state index < -0.39 is 0 Å². The quantitative estimate of drug-likeness (QED) is 0.803. The van der Waals surface area contributed by atoms with Crippen LogP contribution in [-0.4, -0.2) is 32.1 Å². The Bertz CT molecular complexity index is 479. The molecule has 0 radical (unpaired) electrons. The van der Waals surface area contributed by atoms with Gasteiger partial charge in [0.1, 0.15) is 5.75 Å². The third kappa shape index (κ3) is 5.85. The van der Waals surface area contributed by atoms with Gasteiger partial charge in [0, 0.05) is 11.6 Å². The van der Waals surface area contributed by atoms with Crippen LogP contribution in [-0.2, 0) is 4.79 Å². The van der Waals surface area contributed by atoms with Crippen LogP contribution in [0.15, 0.2) is 22.7 Å². The number of nitrogens with one attached hydrogen (secondary N) is 2. The average molecular weight is 376 g/mol. The molecular weight excluding hydrogens is 356 g/mol. The van der Waals surface area contributed by atoms with Crippen molar-refractivity contribution in [1.82, 2.24) is 10.6 Å². The minimum absolute atomic E-state index is 0.0330. The highest BCUT2D eigenvalue weighted by molar-refractivity contribution is 9.10. The zero-order valence-corrected chi connectivity index (χ0v) is 14.2. The van der Waals surface area contributed by atoms with E-state index in [1.807, 2.05) is 0 Å². The number of halogens is 2. The molecule has 4 nitrogen and oxygen atoms in total. The van der Waals surface area contributed by atoms with Crippen molar-refractivity contribution >= 4 is 33.4 Å². The Morgan fingerprint density at radius 2 is 2.38 bits per heavy atom. The summed E-state index contributed by atoms with van der Waals surface area (Å²) in [6.07, 6.45) is 2.73. The molecule has 1 amide bonds. The van der Waals surface area contributed by atoms with Gasteiger partial charge in [0.25, 0.3) is 0 Å². The van der Waals surface area contributed by atoms with Gasteiger partial charge < -0.3 is 15.4 Å². The third-order valence-electron chi connectivity index (χ3n) is 3.47. The van der Waals surface area contributed by atoms with Crippen molar-refractivity contribution in [3.05, 3.63) is 27.7 Å². The molecule has 2 N–H and O–H groups in total. The van der Waals surface area contributed by atoms with Gasteiger partial charge in [-0.25, -0.2) is 0 Å². The summed E-state index contributed by atoms with van der Waals surface area (Å²) in [5, 5.41) is 6.96. The molecule has 1 saturated heterocycles. The molecule has 0 aromatic heterocycles. The number of piperidine rings is 1. The van der Waals surface area contributed by atoms with Gasteiger partial charge in [-0.1, -0.05) is 11.6 Å². The van der Waals surface area contributed by atoms with E-state index in [0.717, 1.165) is 24.1 Å². The number of carbonyl (C=O) groups excluding carboxylic acids is 1. The van der Waals surface area contributed by atoms with E-state index in [0.29, 0.717) is 29.7 Å². The summed E-state index contributed by atoms with van der Waals surface area (Å²) in [7, 11) is 0. The van der Waals surface area contributed by atoms with Crippen molar-refractivity contribution in [2.45, 2.75) is 19.3 Å². The van der Waals surface area contributed by atoms with Crippen LogP contribution in [0.5, 0.6) is 5.75 Å². The van der Waals surface area contributed by atoms with Crippen LogP contribution < -0.4 is 15.4 Å². The van der Waals surface area contributed by atoms with Crippen molar-refractivity contribution < 1.29 is 9.53 Å². The first-order valence-electron chi connectivity index (χ1n) is 7.20. The van der Waals surface area contributed by atoms with Crippen LogP contribution in [0.1, 0.15) is 19.3 Å². The molecule has 0 spiro atoms. The first-order valence-corrected chi connectivity index (χ1v) is 8.37. The van der Waals surface area contributed by atoms with E-state index in [1.165, 1.54) is 12.8 Å². The zero-order valence-electron chi connectivity index (χ0n) is 11.8. The summed E-state index contributed by atoms with van der Waals surface area (Å²) in [6.45, 7) is 3.19. The molecule has 0 aliphatic carbocycles. The number of rotatable bonds is 6. The Balaban J connectivity index is 1.64. The second-order valence-corrected chi connectivity index (χ2v) is 6.48. The predicted octanol–water partition coefficient (Wildman–Crippen LogP) is 2.99. The van der Waals surface area contributed by atoms with E-state index in [-0.39, 0.29) is 5.91 Å². The molecule has 2 rings (SSSR count). The Hall–Kier alpha value is -0.780. The van der Waals surface area contributed by atoms with E-state index in [4.69, 9.17) is 16.3 Å². The lowest BCUT2D eigenvalue weighted by Crippen LogP contribution is -2.38. The van der Waals surface area contributed by atoms with Crippen LogP contribution >= 0.6 is 27.5 Å². The number of amides is 1. The summed E-state index contributed by atoms with van der Waals surface area (Å²) < 4.78 is 6.37. The number of carbonyl (C=O) groups is 1. The fourth-order valence-electron chi connectivity index (χ4n) is 2.29. The summed E-state index contributed by atoms with van der Waals surface area (Å²) in [5.41, 5.74) is 0. The van der Waals surface area contributed by atoms with Gasteiger partial charge >= 0.3 is 0 Å². The molecule has 1 heterocycles. The summed E-state index contributed by atoms with van der Waals surface area (Å²) in [6, 6.07) is 5.32. The molecule has 0 bridgehead atoms. The van der Waals surface area contributed by atoms with Crippen molar-refractivity contribution in [3.63, 3.8) is 0 Å². The first kappa shape index (κ1) is 16.6. The fourth-order valence-corrected chi connectivity index (χ4v) is 3.09. The van der Waals surface area contributed by atoms with Gasteiger partial charge in [-0.05, 0) is 66.0 Å². The number of hydrogen-bond acceptors (Lipinski definition) is 3. The van der Waals surface area contributed by atoms with Gasteiger partial charge in [-0.15, -0.1) is 0 Å². The predicted molar refractivity (Wildman–Crippen MR) is 87.9 cm³/mol. The highest BCUT2D eigenvalue weighted by atomic mass is 79.9. The zero-order chi connectivity index (χ0) is 15.1. The molecule has 1 fully saturated rings. The molecule has 116 valence electrons. The summed E-state index contributed by atoms with van der Waals surface area (Å²) in [5.74, 6) is 1.28. The SMILES string of the molecule is O=C(CCOc1ccc(Cl)cc1Br)NCC1CCCNC1. The monoisotopic (exact) mass is 374 g/mol. The van der Waals surface area contributed by atoms with Gasteiger partial charge in [0.2, 0.25) is 5.91 Å². The maximum atomic E-state index is 11.8. The van der Waals surface area contributed by atoms with E-state index in [9.17, 15) is 4.79 Å². The maximum Gasteiger partial charge on any atom is 0.223 e. The van der Waals surface area contributed by atoms with Gasteiger partial charge in [0.15, 0.2) is 0 Å². The molecule has 0 saturated carbocycles. The smallest absolute Gasteiger partial charge is 0.223 e. The van der Waals surface area contributed by atoms with Crippen LogP contribution in [0.3, 0.4) is 0 Å². The standard InChI is InChI=1S/C15H20BrClN2O2/c16-13-8-12(17)3-4-14(13)21-7-5-15(20)19-10-11-2-1-6-18-9-11/h3-4,8,11,18H,1-2,5-7,9-10H2,(H,19,20). The van der Waals surface area contributed by atoms with Crippen molar-refractivity contribution in [3.8, 4) is 5.75 Å². The minimum atomic E-state index is 0.0330. The minimum Gasteiger partial charge on any atom is -0.492 e. The Morgan fingerprint density at radius 3 is 3.10 bits per heavy atom. The van der Waals surface area contributed by atoms with Crippen LogP contribution in [0.25, 0.3) is 0 Å². The van der Waals surface area contributed by atoms with Crippen LogP contribution in [0.2, 0.25) is 5.02 Å². The van der Waals surface area contributed by atoms with Crippen molar-refractivity contribution in [2.75, 3.05) is 26.2 Å². The number of benzene rings is 1. The van der Waals surface area contributed by atoms with Gasteiger partial charge in [-0.2, -0.15) is 0 Å². The average Bonchev–Trinajstić information content (AvgIpc) is 2.48. The highest BCUT2D eigenvalue weighted by Crippen LogP contribution is 2.27. The molecule has 1 aliphatic rings. The summed E-state index contributed by atoms with van der Waals surface area (Å²) >= 11 is 9.24. The van der Waals surface area contributed by atoms with Crippen molar-refractivity contribution in [1.29, 1.82) is 0 Å². The van der Waals surface area contributed by atoms with Crippen LogP contribution in [0.4, 0.5) is 0 Å². The largest absolute Gasteiger partial charge is 0.492 e. The molecule has 6 heteroatoms. The van der Waals surface area contributed by atoms with E-state index >= 15 is 0 Å². The van der Waals surface area contributed by atoms with Crippen LogP contribution in [0, 0.1) is 5.92 Å². The maximum absolute atomic E-state index is 11.8. The van der Waals surface area contributed by atoms with Crippen molar-refractivity contribution in [2.24, 2.45) is 5.92 Å². The topological polar surface area (TPSA) is 50.4 Å². The second kappa shape index (κ2) is 8.61. The lowest BCUT2D eigenvalue weighted by Gasteiger charge is -2.22. The second-order valence-electron chi connectivity index (χ2n) is 5.19. The Kier molecular flexibility index (Phi) is 6.80. The number of hydrogen-bond donors (Lipinski definition) is 2. The highest BCUT2D eigenvalue weighted by Gasteiger charge is 2.13. The molecule has 1 aromatic rings. The lowest BCUT2D eigenvalue weighted by atomic mass is 10.00. The molecule has 1 unspecified atom stereocenters. The fraction of sp³-hybridized carbons (Fsp3) is 0.533. The molecule has 1 atom stereocenters. The first-order chi connectivity index (χ1) is 10.1. The lowest BCUT2D eigenvalue weighted by molar-refractivity contribution is -0.121. The number of ether oxygens (including phenoxy) is 1. The molecule has 21 heavy (non-hydrogen) atoms. The third-order valence-corrected chi connectivity index (χ3v) is 4.32. The van der Waals surface area contributed by atoms with E-state index in [2.05, 4.69) is 26.6 Å². The van der Waals surface area contributed by atoms with Gasteiger partial charge in [-0.3, -0.25) is 4.79 Å². The Labute approximate surface area is 138 Å². The molecule has 1 aliphatic heterocycles. The normalized spacial score (nSPS) is 18.3. The van der Waals surface area contributed by atoms with Gasteiger partial charge in [0.05, 0.1) is 17.5 Å². The Morgan fingerprint density at radius 1 is 1.52 bits per heavy atom. The van der Waals surface area contributed by atoms with E-state index in [1.54, 1.807) is 18.2 Å². The summed E-state index contributed by atoms with van der Waals surface area (Å²) in [4.78, 5) is 11.8. The molecule has 1 aromatic carbocycles.